The smallest absolute Gasteiger partial charge is 0.288 e. The van der Waals surface area contributed by atoms with Crippen molar-refractivity contribution in [2.24, 2.45) is 0 Å². The van der Waals surface area contributed by atoms with Crippen LogP contribution in [0.1, 0.15) is 22.3 Å². The number of thiophene rings is 1. The van der Waals surface area contributed by atoms with Crippen LogP contribution in [0.3, 0.4) is 0 Å². The predicted molar refractivity (Wildman–Crippen MR) is 102 cm³/mol. The Hall–Kier alpha value is -1.94. The molecule has 1 fully saturated rings. The van der Waals surface area contributed by atoms with E-state index in [0.29, 0.717) is 66.1 Å². The molecule has 0 bridgehead atoms. The number of amides is 1. The van der Waals surface area contributed by atoms with Crippen molar-refractivity contribution in [2.75, 3.05) is 37.7 Å². The van der Waals surface area contributed by atoms with Crippen molar-refractivity contribution in [2.45, 2.75) is 24.5 Å². The lowest BCUT2D eigenvalue weighted by molar-refractivity contribution is 0.0748. The van der Waals surface area contributed by atoms with Gasteiger partial charge in [-0.3, -0.25) is 4.79 Å². The fourth-order valence-corrected chi connectivity index (χ4v) is 4.45. The topological polar surface area (TPSA) is 58.6 Å². The molecule has 0 spiro atoms. The van der Waals surface area contributed by atoms with Gasteiger partial charge in [0.25, 0.3) is 11.7 Å². The summed E-state index contributed by atoms with van der Waals surface area (Å²) in [5.74, 6) is -1.63. The number of piperazine rings is 1. The van der Waals surface area contributed by atoms with Gasteiger partial charge in [0, 0.05) is 42.8 Å². The Morgan fingerprint density at radius 1 is 1.33 bits per heavy atom. The molecule has 3 rings (SSSR count). The highest BCUT2D eigenvalue weighted by molar-refractivity contribution is 7.99. The number of aromatic nitrogens is 2. The van der Waals surface area contributed by atoms with Crippen molar-refractivity contribution >= 4 is 35.0 Å². The third kappa shape index (κ3) is 4.86. The molecule has 0 aromatic carbocycles. The quantitative estimate of drug-likeness (QED) is 0.674. The second kappa shape index (κ2) is 8.83. The molecule has 1 aliphatic heterocycles. The highest BCUT2D eigenvalue weighted by Crippen LogP contribution is 2.33. The first-order valence-corrected chi connectivity index (χ1v) is 10.3. The van der Waals surface area contributed by atoms with Crippen molar-refractivity contribution in [3.8, 4) is 5.88 Å². The summed E-state index contributed by atoms with van der Waals surface area (Å²) in [6, 6.07) is 3.35. The Morgan fingerprint density at radius 2 is 2.07 bits per heavy atom. The molecule has 10 heteroatoms. The summed E-state index contributed by atoms with van der Waals surface area (Å²) in [5.41, 5.74) is 0.814. The second-order valence-corrected chi connectivity index (χ2v) is 7.80. The van der Waals surface area contributed by atoms with E-state index in [0.717, 1.165) is 5.69 Å². The van der Waals surface area contributed by atoms with Crippen molar-refractivity contribution in [1.82, 2.24) is 14.9 Å². The summed E-state index contributed by atoms with van der Waals surface area (Å²) in [6.07, 6.45) is 0. The fraction of sp³-hybridized carbons (Fsp3) is 0.471. The van der Waals surface area contributed by atoms with E-state index in [1.54, 1.807) is 22.4 Å². The molecule has 1 amide bonds. The predicted octanol–water partition coefficient (Wildman–Crippen LogP) is 3.52. The number of alkyl halides is 2. The molecule has 27 heavy (non-hydrogen) atoms. The van der Waals surface area contributed by atoms with Gasteiger partial charge in [0.15, 0.2) is 0 Å². The number of carbonyl (C=O) groups excluding carboxylic acids is 1. The van der Waals surface area contributed by atoms with Crippen molar-refractivity contribution in [3.05, 3.63) is 28.1 Å². The molecule has 0 saturated carbocycles. The van der Waals surface area contributed by atoms with Crippen molar-refractivity contribution < 1.29 is 18.3 Å². The van der Waals surface area contributed by atoms with Gasteiger partial charge in [0.05, 0.1) is 6.61 Å². The molecular weight excluding hydrogens is 394 g/mol. The number of hydrogen-bond donors (Lipinski definition) is 0. The first-order valence-electron chi connectivity index (χ1n) is 8.53. The molecule has 0 aliphatic carbocycles. The number of hydrogen-bond acceptors (Lipinski definition) is 7. The SMILES string of the molecule is CCOc1cc(C)nc(N2CCN(C(=O)c3sccc3SC(F)F)CC2)n1. The minimum absolute atomic E-state index is 0.201. The number of rotatable bonds is 6. The van der Waals surface area contributed by atoms with Gasteiger partial charge in [-0.1, -0.05) is 11.8 Å². The molecule has 6 nitrogen and oxygen atoms in total. The fourth-order valence-electron chi connectivity index (χ4n) is 2.78. The lowest BCUT2D eigenvalue weighted by Crippen LogP contribution is -2.49. The standard InChI is InChI=1S/C17H20F2N4O2S2/c1-3-25-13-10-11(2)20-17(21-13)23-7-5-22(6-8-23)15(24)14-12(4-9-26-14)27-16(18)19/h4,9-10,16H,3,5-8H2,1-2H3. The highest BCUT2D eigenvalue weighted by Gasteiger charge is 2.27. The molecule has 0 unspecified atom stereocenters. The molecule has 1 aliphatic rings. The first kappa shape index (κ1) is 19.8. The summed E-state index contributed by atoms with van der Waals surface area (Å²) in [4.78, 5) is 26.0. The van der Waals surface area contributed by atoms with Crippen LogP contribution in [-0.4, -0.2) is 59.3 Å². The monoisotopic (exact) mass is 414 g/mol. The third-order valence-corrected chi connectivity index (χ3v) is 5.80. The van der Waals surface area contributed by atoms with Gasteiger partial charge in [-0.05, 0) is 25.3 Å². The van der Waals surface area contributed by atoms with Crippen LogP contribution in [0.25, 0.3) is 0 Å². The number of ether oxygens (including phenoxy) is 1. The van der Waals surface area contributed by atoms with E-state index >= 15 is 0 Å². The van der Waals surface area contributed by atoms with E-state index in [-0.39, 0.29) is 5.91 Å². The highest BCUT2D eigenvalue weighted by atomic mass is 32.2. The number of aryl methyl sites for hydroxylation is 1. The molecule has 2 aromatic rings. The van der Waals surface area contributed by atoms with Crippen LogP contribution >= 0.6 is 23.1 Å². The molecule has 0 atom stereocenters. The summed E-state index contributed by atoms with van der Waals surface area (Å²) in [6.45, 7) is 6.41. The summed E-state index contributed by atoms with van der Waals surface area (Å²) in [7, 11) is 0. The number of thioether (sulfide) groups is 1. The first-order chi connectivity index (χ1) is 13.0. The zero-order valence-electron chi connectivity index (χ0n) is 15.0. The van der Waals surface area contributed by atoms with Crippen molar-refractivity contribution in [3.63, 3.8) is 0 Å². The Kier molecular flexibility index (Phi) is 6.48. The van der Waals surface area contributed by atoms with Gasteiger partial charge >= 0.3 is 0 Å². The van der Waals surface area contributed by atoms with Gasteiger partial charge in [-0.25, -0.2) is 4.98 Å². The maximum Gasteiger partial charge on any atom is 0.288 e. The number of halogens is 2. The average molecular weight is 415 g/mol. The minimum atomic E-state index is -2.54. The van der Waals surface area contributed by atoms with E-state index in [9.17, 15) is 13.6 Å². The molecule has 0 radical (unpaired) electrons. The number of nitrogens with zero attached hydrogens (tertiary/aromatic N) is 4. The zero-order valence-corrected chi connectivity index (χ0v) is 16.7. The second-order valence-electron chi connectivity index (χ2n) is 5.85. The van der Waals surface area contributed by atoms with E-state index in [1.807, 2.05) is 18.7 Å². The molecule has 3 heterocycles. The molecule has 1 saturated heterocycles. The van der Waals surface area contributed by atoms with Gasteiger partial charge in [0.2, 0.25) is 11.8 Å². The van der Waals surface area contributed by atoms with E-state index in [4.69, 9.17) is 4.74 Å². The lowest BCUT2D eigenvalue weighted by Gasteiger charge is -2.34. The summed E-state index contributed by atoms with van der Waals surface area (Å²) in [5, 5.41) is 1.67. The maximum absolute atomic E-state index is 12.7. The van der Waals surface area contributed by atoms with E-state index in [2.05, 4.69) is 9.97 Å². The third-order valence-electron chi connectivity index (χ3n) is 4.00. The lowest BCUT2D eigenvalue weighted by atomic mass is 10.3. The van der Waals surface area contributed by atoms with Gasteiger partial charge < -0.3 is 14.5 Å². The van der Waals surface area contributed by atoms with Gasteiger partial charge in [0.1, 0.15) is 4.88 Å². The average Bonchev–Trinajstić information content (AvgIpc) is 3.08. The van der Waals surface area contributed by atoms with Crippen LogP contribution in [0.4, 0.5) is 14.7 Å². The van der Waals surface area contributed by atoms with Gasteiger partial charge in [-0.2, -0.15) is 13.8 Å². The molecule has 0 N–H and O–H groups in total. The Bertz CT molecular complexity index is 795. The van der Waals surface area contributed by atoms with Crippen molar-refractivity contribution in [1.29, 1.82) is 0 Å². The van der Waals surface area contributed by atoms with Crippen LogP contribution in [0, 0.1) is 6.92 Å². The van der Waals surface area contributed by atoms with Crippen LogP contribution in [-0.2, 0) is 0 Å². The normalized spacial score (nSPS) is 14.7. The molecule has 2 aromatic heterocycles. The van der Waals surface area contributed by atoms with Crippen LogP contribution in [0.2, 0.25) is 0 Å². The summed E-state index contributed by atoms with van der Waals surface area (Å²) >= 11 is 1.61. The molecular formula is C17H20F2N4O2S2. The zero-order chi connectivity index (χ0) is 19.4. The Labute approximate surface area is 164 Å². The minimum Gasteiger partial charge on any atom is -0.478 e. The Balaban J connectivity index is 1.65. The van der Waals surface area contributed by atoms with E-state index in [1.165, 1.54) is 11.3 Å². The summed E-state index contributed by atoms with van der Waals surface area (Å²) < 4.78 is 30.8. The molecule has 146 valence electrons. The van der Waals surface area contributed by atoms with Crippen LogP contribution in [0.5, 0.6) is 5.88 Å². The van der Waals surface area contributed by atoms with Crippen LogP contribution < -0.4 is 9.64 Å². The van der Waals surface area contributed by atoms with Gasteiger partial charge in [-0.15, -0.1) is 11.3 Å². The Morgan fingerprint density at radius 3 is 2.74 bits per heavy atom. The van der Waals surface area contributed by atoms with Crippen LogP contribution in [0.15, 0.2) is 22.4 Å². The van der Waals surface area contributed by atoms with E-state index < -0.39 is 5.76 Å². The number of carbonyl (C=O) groups is 1. The maximum atomic E-state index is 12.7. The largest absolute Gasteiger partial charge is 0.478 e. The number of anilines is 1.